The predicted octanol–water partition coefficient (Wildman–Crippen LogP) is 3.25. The van der Waals surface area contributed by atoms with E-state index in [9.17, 15) is 9.59 Å². The van der Waals surface area contributed by atoms with Crippen LogP contribution in [0.5, 0.6) is 0 Å². The van der Waals surface area contributed by atoms with Gasteiger partial charge < -0.3 is 10.4 Å². The highest BCUT2D eigenvalue weighted by atomic mass is 32.2. The van der Waals surface area contributed by atoms with E-state index < -0.39 is 16.6 Å². The van der Waals surface area contributed by atoms with E-state index in [0.717, 1.165) is 5.69 Å². The summed E-state index contributed by atoms with van der Waals surface area (Å²) >= 11 is 1.32. The Morgan fingerprint density at radius 2 is 1.90 bits per heavy atom. The number of carboxylic acid groups (broad SMARTS) is 1. The number of anilines is 1. The summed E-state index contributed by atoms with van der Waals surface area (Å²) in [4.78, 5) is 23.2. The molecule has 0 saturated heterocycles. The zero-order chi connectivity index (χ0) is 15.2. The first-order valence-corrected chi connectivity index (χ1v) is 7.62. The minimum atomic E-state index is -0.822. The molecule has 0 spiro atoms. The maximum Gasteiger partial charge on any atom is 0.316 e. The fourth-order valence-electron chi connectivity index (χ4n) is 1.56. The standard InChI is InChI=1S/C15H21NO3S/c1-4-12(13(17)18)20-10-15(2,3)14(19)16-11-8-6-5-7-9-11/h5-9,12H,4,10H2,1-3H3,(H,16,19)(H,17,18). The Labute approximate surface area is 124 Å². The number of aliphatic carboxylic acids is 1. The van der Waals surface area contributed by atoms with Crippen LogP contribution in [0.3, 0.4) is 0 Å². The van der Waals surface area contributed by atoms with Crippen LogP contribution in [0, 0.1) is 5.41 Å². The molecule has 0 aliphatic heterocycles. The van der Waals surface area contributed by atoms with E-state index in [2.05, 4.69) is 5.32 Å². The summed E-state index contributed by atoms with van der Waals surface area (Å²) in [5.74, 6) is -0.454. The average Bonchev–Trinajstić information content (AvgIpc) is 2.40. The number of carboxylic acids is 1. The van der Waals surface area contributed by atoms with E-state index in [1.54, 1.807) is 0 Å². The summed E-state index contributed by atoms with van der Waals surface area (Å²) in [5, 5.41) is 11.4. The van der Waals surface area contributed by atoms with Gasteiger partial charge in [0.15, 0.2) is 0 Å². The third-order valence-corrected chi connectivity index (χ3v) is 4.76. The number of hydrogen-bond acceptors (Lipinski definition) is 3. The van der Waals surface area contributed by atoms with Crippen molar-refractivity contribution >= 4 is 29.3 Å². The van der Waals surface area contributed by atoms with Gasteiger partial charge in [-0.2, -0.15) is 0 Å². The maximum atomic E-state index is 12.2. The predicted molar refractivity (Wildman–Crippen MR) is 83.0 cm³/mol. The number of benzene rings is 1. The van der Waals surface area contributed by atoms with Crippen LogP contribution in [0.25, 0.3) is 0 Å². The molecule has 0 fully saturated rings. The molecule has 1 unspecified atom stereocenters. The van der Waals surface area contributed by atoms with Gasteiger partial charge in [-0.05, 0) is 18.6 Å². The van der Waals surface area contributed by atoms with E-state index in [1.807, 2.05) is 51.1 Å². The molecule has 0 aromatic heterocycles. The van der Waals surface area contributed by atoms with Gasteiger partial charge in [0.1, 0.15) is 5.25 Å². The molecule has 2 N–H and O–H groups in total. The van der Waals surface area contributed by atoms with Gasteiger partial charge in [0.05, 0.1) is 5.41 Å². The number of nitrogens with one attached hydrogen (secondary N) is 1. The number of thioether (sulfide) groups is 1. The SMILES string of the molecule is CCC(SCC(C)(C)C(=O)Nc1ccccc1)C(=O)O. The number of carbonyl (C=O) groups excluding carboxylic acids is 1. The fraction of sp³-hybridized carbons (Fsp3) is 0.467. The number of carbonyl (C=O) groups is 2. The minimum absolute atomic E-state index is 0.101. The van der Waals surface area contributed by atoms with Crippen LogP contribution >= 0.6 is 11.8 Å². The van der Waals surface area contributed by atoms with E-state index in [0.29, 0.717) is 12.2 Å². The molecule has 1 amide bonds. The molecule has 110 valence electrons. The average molecular weight is 295 g/mol. The molecule has 0 bridgehead atoms. The molecule has 1 rings (SSSR count). The smallest absolute Gasteiger partial charge is 0.316 e. The number of rotatable bonds is 7. The molecule has 20 heavy (non-hydrogen) atoms. The lowest BCUT2D eigenvalue weighted by atomic mass is 9.95. The van der Waals surface area contributed by atoms with Gasteiger partial charge in [-0.1, -0.05) is 39.0 Å². The summed E-state index contributed by atoms with van der Waals surface area (Å²) in [5.41, 5.74) is 0.129. The maximum absolute atomic E-state index is 12.2. The normalized spacial score (nSPS) is 12.8. The van der Waals surface area contributed by atoms with Gasteiger partial charge in [0.2, 0.25) is 5.91 Å². The van der Waals surface area contributed by atoms with Crippen molar-refractivity contribution in [3.63, 3.8) is 0 Å². The lowest BCUT2D eigenvalue weighted by Crippen LogP contribution is -2.34. The molecule has 0 aliphatic carbocycles. The van der Waals surface area contributed by atoms with Crippen molar-refractivity contribution in [2.24, 2.45) is 5.41 Å². The molecule has 0 radical (unpaired) electrons. The third kappa shape index (κ3) is 4.89. The van der Waals surface area contributed by atoms with Crippen molar-refractivity contribution in [3.8, 4) is 0 Å². The van der Waals surface area contributed by atoms with Crippen molar-refractivity contribution < 1.29 is 14.7 Å². The van der Waals surface area contributed by atoms with Crippen LogP contribution in [0.1, 0.15) is 27.2 Å². The lowest BCUT2D eigenvalue weighted by molar-refractivity contribution is -0.136. The fourth-order valence-corrected chi connectivity index (χ4v) is 2.69. The zero-order valence-corrected chi connectivity index (χ0v) is 12.9. The minimum Gasteiger partial charge on any atom is -0.480 e. The van der Waals surface area contributed by atoms with Gasteiger partial charge >= 0.3 is 5.97 Å². The Morgan fingerprint density at radius 1 is 1.30 bits per heavy atom. The summed E-state index contributed by atoms with van der Waals surface area (Å²) in [6.45, 7) is 5.49. The van der Waals surface area contributed by atoms with Crippen LogP contribution in [-0.4, -0.2) is 28.0 Å². The number of hydrogen-bond donors (Lipinski definition) is 2. The Morgan fingerprint density at radius 3 is 2.40 bits per heavy atom. The Balaban J connectivity index is 2.59. The molecule has 1 atom stereocenters. The van der Waals surface area contributed by atoms with E-state index in [1.165, 1.54) is 11.8 Å². The molecule has 4 nitrogen and oxygen atoms in total. The monoisotopic (exact) mass is 295 g/mol. The van der Waals surface area contributed by atoms with Gasteiger partial charge in [0.25, 0.3) is 0 Å². The Bertz CT molecular complexity index is 459. The highest BCUT2D eigenvalue weighted by molar-refractivity contribution is 8.00. The second kappa shape index (κ2) is 7.33. The van der Waals surface area contributed by atoms with Crippen molar-refractivity contribution in [1.29, 1.82) is 0 Å². The highest BCUT2D eigenvalue weighted by Gasteiger charge is 2.30. The Hall–Kier alpha value is -1.49. The first-order chi connectivity index (χ1) is 9.36. The van der Waals surface area contributed by atoms with E-state index in [-0.39, 0.29) is 5.91 Å². The quantitative estimate of drug-likeness (QED) is 0.810. The largest absolute Gasteiger partial charge is 0.480 e. The molecule has 5 heteroatoms. The first kappa shape index (κ1) is 16.6. The molecule has 1 aromatic carbocycles. The molecule has 0 saturated carbocycles. The van der Waals surface area contributed by atoms with Crippen molar-refractivity contribution in [2.75, 3.05) is 11.1 Å². The van der Waals surface area contributed by atoms with Crippen LogP contribution in [0.4, 0.5) is 5.69 Å². The van der Waals surface area contributed by atoms with E-state index >= 15 is 0 Å². The van der Waals surface area contributed by atoms with Gasteiger partial charge in [-0.25, -0.2) is 0 Å². The van der Waals surface area contributed by atoms with E-state index in [4.69, 9.17) is 5.11 Å². The Kier molecular flexibility index (Phi) is 6.07. The van der Waals surface area contributed by atoms with Crippen molar-refractivity contribution in [1.82, 2.24) is 0 Å². The summed E-state index contributed by atoms with van der Waals surface area (Å²) < 4.78 is 0. The van der Waals surface area contributed by atoms with Crippen LogP contribution in [-0.2, 0) is 9.59 Å². The molecular formula is C15H21NO3S. The van der Waals surface area contributed by atoms with Gasteiger partial charge in [-0.3, -0.25) is 9.59 Å². The second-order valence-electron chi connectivity index (χ2n) is 5.25. The highest BCUT2D eigenvalue weighted by Crippen LogP contribution is 2.27. The summed E-state index contributed by atoms with van der Waals surface area (Å²) in [6, 6.07) is 9.25. The molecule has 0 aliphatic rings. The zero-order valence-electron chi connectivity index (χ0n) is 12.1. The van der Waals surface area contributed by atoms with Crippen molar-refractivity contribution in [2.45, 2.75) is 32.4 Å². The lowest BCUT2D eigenvalue weighted by Gasteiger charge is -2.24. The van der Waals surface area contributed by atoms with Gasteiger partial charge in [0, 0.05) is 11.4 Å². The third-order valence-electron chi connectivity index (χ3n) is 2.94. The molecular weight excluding hydrogens is 274 g/mol. The van der Waals surface area contributed by atoms with Crippen LogP contribution < -0.4 is 5.32 Å². The van der Waals surface area contributed by atoms with Crippen LogP contribution in [0.2, 0.25) is 0 Å². The van der Waals surface area contributed by atoms with Crippen LogP contribution in [0.15, 0.2) is 30.3 Å². The number of amides is 1. The molecule has 0 heterocycles. The van der Waals surface area contributed by atoms with Gasteiger partial charge in [-0.15, -0.1) is 11.8 Å². The first-order valence-electron chi connectivity index (χ1n) is 6.57. The summed E-state index contributed by atoms with van der Waals surface area (Å²) in [6.07, 6.45) is 0.552. The van der Waals surface area contributed by atoms with Crippen molar-refractivity contribution in [3.05, 3.63) is 30.3 Å². The number of para-hydroxylation sites is 1. The topological polar surface area (TPSA) is 66.4 Å². The summed E-state index contributed by atoms with van der Waals surface area (Å²) in [7, 11) is 0. The molecule has 1 aromatic rings. The second-order valence-corrected chi connectivity index (χ2v) is 6.44.